The molecular weight excluding hydrogens is 691 g/mol. The van der Waals surface area contributed by atoms with E-state index in [0.717, 1.165) is 48.1 Å². The first-order chi connectivity index (χ1) is 25.5. The molecule has 2 aromatic heterocycles. The lowest BCUT2D eigenvalue weighted by Crippen LogP contribution is -2.38. The number of hydrogen-bond donors (Lipinski definition) is 2. The number of hydrogen-bond acceptors (Lipinski definition) is 6. The molecule has 12 heteroatoms. The van der Waals surface area contributed by atoms with Crippen LogP contribution in [0.1, 0.15) is 125 Å². The predicted octanol–water partition coefficient (Wildman–Crippen LogP) is 9.16. The van der Waals surface area contributed by atoms with Gasteiger partial charge in [0, 0.05) is 10.5 Å². The maximum atomic E-state index is 13.7. The molecule has 0 saturated carbocycles. The third-order valence-electron chi connectivity index (χ3n) is 9.84. The highest BCUT2D eigenvalue weighted by molar-refractivity contribution is 7.79. The minimum absolute atomic E-state index is 0.125. The molecule has 0 spiro atoms. The normalized spacial score (nSPS) is 13.0. The lowest BCUT2D eigenvalue weighted by atomic mass is 9.95. The molecule has 4 rings (SSSR count). The van der Waals surface area contributed by atoms with E-state index < -0.39 is 23.2 Å². The monoisotopic (exact) mass is 745 g/mol. The van der Waals surface area contributed by atoms with Crippen molar-refractivity contribution in [2.45, 2.75) is 130 Å². The van der Waals surface area contributed by atoms with Gasteiger partial charge in [-0.1, -0.05) is 78.1 Å². The number of aromatic amines is 1. The van der Waals surface area contributed by atoms with Crippen molar-refractivity contribution in [3.05, 3.63) is 76.5 Å². The number of nitrogens with zero attached hydrogens (tertiary/aromatic N) is 3. The highest BCUT2D eigenvalue weighted by Crippen LogP contribution is 2.30. The van der Waals surface area contributed by atoms with Crippen LogP contribution in [0.15, 0.2) is 47.8 Å². The van der Waals surface area contributed by atoms with Gasteiger partial charge < -0.3 is 19.3 Å². The predicted molar refractivity (Wildman–Crippen MR) is 207 cm³/mol. The summed E-state index contributed by atoms with van der Waals surface area (Å²) in [5, 5.41) is 3.01. The summed E-state index contributed by atoms with van der Waals surface area (Å²) in [4.78, 5) is 34.0. The van der Waals surface area contributed by atoms with Gasteiger partial charge >= 0.3 is 5.97 Å². The van der Waals surface area contributed by atoms with Crippen LogP contribution in [0, 0.1) is 33.3 Å². The summed E-state index contributed by atoms with van der Waals surface area (Å²) in [6, 6.07) is 7.80. The maximum absolute atomic E-state index is 13.7. The largest absolute Gasteiger partial charge is 0.768 e. The van der Waals surface area contributed by atoms with E-state index in [1.807, 2.05) is 31.5 Å². The first-order valence-corrected chi connectivity index (χ1v) is 20.0. The van der Waals surface area contributed by atoms with Gasteiger partial charge in [0.15, 0.2) is 11.8 Å². The number of aromatic nitrogens is 3. The lowest BCUT2D eigenvalue weighted by Gasteiger charge is -2.19. The molecule has 1 amide bonds. The smallest absolute Gasteiger partial charge is 0.333 e. The molecule has 3 atom stereocenters. The van der Waals surface area contributed by atoms with Gasteiger partial charge in [-0.2, -0.15) is 4.52 Å². The van der Waals surface area contributed by atoms with E-state index >= 15 is 0 Å². The Hall–Kier alpha value is -4.47. The van der Waals surface area contributed by atoms with Crippen LogP contribution in [0.3, 0.4) is 0 Å². The van der Waals surface area contributed by atoms with Crippen LogP contribution in [0.25, 0.3) is 16.2 Å². The number of unbranched alkanes of at least 4 members (excludes halogenated alkanes) is 8. The average molecular weight is 746 g/mol. The molecular formula is C41H55N5O6S. The second kappa shape index (κ2) is 20.1. The molecule has 0 saturated heterocycles. The topological polar surface area (TPSA) is 133 Å². The second-order valence-corrected chi connectivity index (χ2v) is 14.9. The van der Waals surface area contributed by atoms with Crippen molar-refractivity contribution in [1.29, 1.82) is 0 Å². The van der Waals surface area contributed by atoms with Gasteiger partial charge in [0.1, 0.15) is 11.3 Å². The van der Waals surface area contributed by atoms with Crippen molar-refractivity contribution in [1.82, 2.24) is 9.50 Å². The Morgan fingerprint density at radius 1 is 0.981 bits per heavy atom. The SMILES string of the molecule is [C-]#[N+]c1cn2c([nH]c[n+]2-c2c(C)cc(C)c(NC(=O)C(C)Oc3ccc(S(=O)[O-])cc3)c2C)c1C(=O)OCC(CCCCCC)CCCCCCCC. The van der Waals surface area contributed by atoms with Crippen molar-refractivity contribution in [2.75, 3.05) is 11.9 Å². The Morgan fingerprint density at radius 3 is 2.23 bits per heavy atom. The molecule has 2 N–H and O–H groups in total. The summed E-state index contributed by atoms with van der Waals surface area (Å²) >= 11 is -2.36. The summed E-state index contributed by atoms with van der Waals surface area (Å²) < 4.78 is 37.7. The number of anilines is 1. The van der Waals surface area contributed by atoms with Crippen LogP contribution in [-0.2, 0) is 20.6 Å². The number of amides is 1. The zero-order valence-corrected chi connectivity index (χ0v) is 32.9. The standard InChI is InChI=1S/C41H55N5O6S/c1-8-10-12-14-15-17-19-32(18-16-13-11-9-2)26-51-41(48)36-35(42-7)25-45-39(36)43-27-46(45)38-29(4)24-28(3)37(30(38)5)44-40(47)31(6)52-33-20-22-34(23-21-33)53(49)50/h20-25,27,31-32H,8-19,26H2,1-6H3,(H2,44,47,49,50). The quantitative estimate of drug-likeness (QED) is 0.0287. The second-order valence-electron chi connectivity index (χ2n) is 14.0. The van der Waals surface area contributed by atoms with Crippen LogP contribution in [-0.4, -0.2) is 42.8 Å². The van der Waals surface area contributed by atoms with E-state index in [1.54, 1.807) is 24.0 Å². The minimum atomic E-state index is -2.36. The summed E-state index contributed by atoms with van der Waals surface area (Å²) in [6.07, 6.45) is 16.6. The van der Waals surface area contributed by atoms with E-state index in [2.05, 4.69) is 29.0 Å². The first-order valence-electron chi connectivity index (χ1n) is 19.0. The van der Waals surface area contributed by atoms with Gasteiger partial charge in [-0.25, -0.2) is 14.6 Å². The fourth-order valence-corrected chi connectivity index (χ4v) is 7.27. The number of aryl methyl sites for hydroxylation is 2. The molecule has 4 aromatic rings. The summed E-state index contributed by atoms with van der Waals surface area (Å²) in [5.41, 5.74) is 4.79. The van der Waals surface area contributed by atoms with Gasteiger partial charge in [-0.3, -0.25) is 9.00 Å². The van der Waals surface area contributed by atoms with E-state index in [4.69, 9.17) is 16.0 Å². The van der Waals surface area contributed by atoms with Gasteiger partial charge in [0.2, 0.25) is 11.3 Å². The molecule has 0 bridgehead atoms. The van der Waals surface area contributed by atoms with Crippen LogP contribution in [0.5, 0.6) is 5.75 Å². The molecule has 0 aliphatic carbocycles. The van der Waals surface area contributed by atoms with E-state index in [0.29, 0.717) is 29.6 Å². The molecule has 0 aliphatic rings. The highest BCUT2D eigenvalue weighted by Gasteiger charge is 2.29. The number of rotatable bonds is 21. The zero-order chi connectivity index (χ0) is 38.5. The molecule has 0 radical (unpaired) electrons. The van der Waals surface area contributed by atoms with Crippen molar-refractivity contribution >= 4 is 40.0 Å². The number of H-pyrrole nitrogens is 1. The third-order valence-corrected chi connectivity index (χ3v) is 10.5. The number of benzene rings is 2. The number of nitrogens with one attached hydrogen (secondary N) is 2. The van der Waals surface area contributed by atoms with Gasteiger partial charge in [0.25, 0.3) is 12.2 Å². The van der Waals surface area contributed by atoms with E-state index in [9.17, 15) is 18.4 Å². The fraction of sp³-hybridized carbons (Fsp3) is 0.512. The molecule has 53 heavy (non-hydrogen) atoms. The zero-order valence-electron chi connectivity index (χ0n) is 32.1. The maximum Gasteiger partial charge on any atom is 0.333 e. The number of ether oxygens (including phenoxy) is 2. The average Bonchev–Trinajstić information content (AvgIpc) is 3.71. The number of fused-ring (bicyclic) bond motifs is 1. The van der Waals surface area contributed by atoms with Gasteiger partial charge in [-0.05, 0) is 99.0 Å². The first kappa shape index (κ1) is 41.3. The number of carbonyl (C=O) groups is 2. The number of carbonyl (C=O) groups excluding carboxylic acids is 2. The third kappa shape index (κ3) is 10.8. The Kier molecular flexibility index (Phi) is 15.7. The summed E-state index contributed by atoms with van der Waals surface area (Å²) in [5.74, 6) is -0.235. The highest BCUT2D eigenvalue weighted by atomic mass is 32.2. The Labute approximate surface area is 316 Å². The lowest BCUT2D eigenvalue weighted by molar-refractivity contribution is -0.669. The Morgan fingerprint density at radius 2 is 1.60 bits per heavy atom. The van der Waals surface area contributed by atoms with Crippen LogP contribution in [0.2, 0.25) is 0 Å². The number of esters is 1. The fourth-order valence-electron chi connectivity index (χ4n) is 6.91. The summed E-state index contributed by atoms with van der Waals surface area (Å²) in [6.45, 7) is 20.1. The molecule has 11 nitrogen and oxygen atoms in total. The van der Waals surface area contributed by atoms with Crippen molar-refractivity contribution < 1.29 is 32.5 Å². The molecule has 286 valence electrons. The summed E-state index contributed by atoms with van der Waals surface area (Å²) in [7, 11) is 0. The van der Waals surface area contributed by atoms with Crippen LogP contribution < -0.4 is 14.7 Å². The molecule has 3 unspecified atom stereocenters. The minimum Gasteiger partial charge on any atom is -0.768 e. The molecule has 2 heterocycles. The van der Waals surface area contributed by atoms with E-state index in [1.165, 1.54) is 75.6 Å². The van der Waals surface area contributed by atoms with Gasteiger partial charge in [-0.15, -0.1) is 4.68 Å². The Balaban J connectivity index is 1.53. The van der Waals surface area contributed by atoms with Crippen LogP contribution in [0.4, 0.5) is 11.4 Å². The van der Waals surface area contributed by atoms with Crippen molar-refractivity contribution in [3.63, 3.8) is 0 Å². The van der Waals surface area contributed by atoms with Crippen molar-refractivity contribution in [2.24, 2.45) is 5.92 Å². The van der Waals surface area contributed by atoms with E-state index in [-0.39, 0.29) is 22.1 Å². The van der Waals surface area contributed by atoms with Crippen LogP contribution >= 0.6 is 0 Å². The Bertz CT molecular complexity index is 1910. The van der Waals surface area contributed by atoms with Crippen molar-refractivity contribution in [3.8, 4) is 11.4 Å². The molecule has 0 aliphatic heterocycles. The van der Waals surface area contributed by atoms with Gasteiger partial charge in [0.05, 0.1) is 25.1 Å². The molecule has 2 aromatic carbocycles. The molecule has 0 fully saturated rings.